The number of fused-ring (bicyclic) bond motifs is 1. The van der Waals surface area contributed by atoms with Crippen LogP contribution in [0.5, 0.6) is 0 Å². The van der Waals surface area contributed by atoms with Crippen molar-refractivity contribution in [2.45, 2.75) is 69.7 Å². The fourth-order valence-electron chi connectivity index (χ4n) is 4.41. The molecule has 0 bridgehead atoms. The van der Waals surface area contributed by atoms with Crippen molar-refractivity contribution in [2.75, 3.05) is 12.4 Å². The zero-order valence-corrected chi connectivity index (χ0v) is 21.7. The van der Waals surface area contributed by atoms with Crippen LogP contribution in [0.3, 0.4) is 0 Å². The van der Waals surface area contributed by atoms with E-state index in [2.05, 4.69) is 30.3 Å². The third-order valence-corrected chi connectivity index (χ3v) is 7.09. The van der Waals surface area contributed by atoms with Crippen LogP contribution in [0.2, 0.25) is 0 Å². The first-order valence-electron chi connectivity index (χ1n) is 12.0. The van der Waals surface area contributed by atoms with Gasteiger partial charge in [0.05, 0.1) is 18.0 Å². The zero-order chi connectivity index (χ0) is 27.1. The molecule has 16 heteroatoms. The molecule has 3 heterocycles. The zero-order valence-electron chi connectivity index (χ0n) is 20.8. The van der Waals surface area contributed by atoms with Gasteiger partial charge in [0.25, 0.3) is 0 Å². The van der Waals surface area contributed by atoms with Crippen molar-refractivity contribution in [3.8, 4) is 0 Å². The number of alkyl halides is 1. The summed E-state index contributed by atoms with van der Waals surface area (Å²) in [6.07, 6.45) is 2.23. The normalized spacial score (nSPS) is 22.5. The average Bonchev–Trinajstić information content (AvgIpc) is 3.16. The molecule has 2 saturated carbocycles. The van der Waals surface area contributed by atoms with Crippen molar-refractivity contribution in [3.63, 3.8) is 0 Å². The summed E-state index contributed by atoms with van der Waals surface area (Å²) >= 11 is 0. The number of phosphoric acid groups is 1. The number of amides is 1. The van der Waals surface area contributed by atoms with Crippen LogP contribution in [0.15, 0.2) is 24.5 Å². The van der Waals surface area contributed by atoms with Crippen molar-refractivity contribution < 1.29 is 37.5 Å². The van der Waals surface area contributed by atoms with Crippen LogP contribution < -0.4 is 10.6 Å². The molecule has 3 aromatic rings. The Hall–Kier alpha value is -3.10. The van der Waals surface area contributed by atoms with E-state index < -0.39 is 38.8 Å². The molecule has 0 saturated heterocycles. The maximum atomic E-state index is 14.8. The van der Waals surface area contributed by atoms with Gasteiger partial charge < -0.3 is 29.9 Å². The predicted molar refractivity (Wildman–Crippen MR) is 130 cm³/mol. The van der Waals surface area contributed by atoms with Gasteiger partial charge in [-0.2, -0.15) is 10.2 Å². The molecule has 2 aliphatic rings. The van der Waals surface area contributed by atoms with Crippen molar-refractivity contribution in [1.82, 2.24) is 29.7 Å². The largest absolute Gasteiger partial charge is 0.471 e. The van der Waals surface area contributed by atoms with Gasteiger partial charge >= 0.3 is 13.9 Å². The van der Waals surface area contributed by atoms with Crippen molar-refractivity contribution in [3.05, 3.63) is 35.9 Å². The first-order valence-corrected chi connectivity index (χ1v) is 13.5. The third kappa shape index (κ3) is 6.13. The number of nitrogens with zero attached hydrogens (tertiary/aromatic N) is 5. The molecule has 3 aromatic heterocycles. The minimum atomic E-state index is -4.80. The number of carbonyl (C=O) groups is 1. The Morgan fingerprint density at radius 2 is 2.08 bits per heavy atom. The molecule has 4 N–H and O–H groups in total. The maximum absolute atomic E-state index is 14.8. The van der Waals surface area contributed by atoms with Gasteiger partial charge in [0.15, 0.2) is 12.5 Å². The number of aromatic nitrogens is 5. The lowest BCUT2D eigenvalue weighted by molar-refractivity contribution is 0.0583. The molecule has 38 heavy (non-hydrogen) atoms. The van der Waals surface area contributed by atoms with Gasteiger partial charge in [0.1, 0.15) is 23.6 Å². The number of carbonyl (C=O) groups excluding carboxylic acids is 1. The van der Waals surface area contributed by atoms with Crippen LogP contribution >= 0.6 is 7.82 Å². The van der Waals surface area contributed by atoms with Gasteiger partial charge in [0, 0.05) is 37.0 Å². The summed E-state index contributed by atoms with van der Waals surface area (Å²) in [6.45, 7) is 1.62. The van der Waals surface area contributed by atoms with Crippen molar-refractivity contribution in [1.29, 1.82) is 0 Å². The van der Waals surface area contributed by atoms with Crippen LogP contribution in [0.25, 0.3) is 5.52 Å². The van der Waals surface area contributed by atoms with E-state index in [1.807, 2.05) is 6.92 Å². The summed E-state index contributed by atoms with van der Waals surface area (Å²) in [5, 5.41) is 14.7. The van der Waals surface area contributed by atoms with E-state index in [9.17, 15) is 23.5 Å². The maximum Gasteiger partial charge on any atom is 0.471 e. The number of hydrogen-bond acceptors (Lipinski definition) is 9. The standard InChI is InChI=1S/C22H29FN7O7P/c1-22(3-4-22)26-21(31)37-18-8-13(7-15(18)23)16-10-19(30(28-16)12-36-38(32,33)34)25-20-17-9-14(11-35-2)27-29(17)6-5-24-20/h5-6,9-10,13,15,18H,3-4,7-8,11-12H2,1-2H3,(H,24,25)(H,26,31)(H2,32,33,34)/t13-,15+,18-/m0/s1. The molecule has 2 aliphatic carbocycles. The number of hydrogen-bond donors (Lipinski definition) is 4. The number of anilines is 2. The lowest BCUT2D eigenvalue weighted by atomic mass is 10.0. The summed E-state index contributed by atoms with van der Waals surface area (Å²) in [4.78, 5) is 34.9. The topological polar surface area (TPSA) is 174 Å². The molecule has 206 valence electrons. The van der Waals surface area contributed by atoms with Crippen LogP contribution in [0.1, 0.15) is 49.9 Å². The number of halogens is 1. The van der Waals surface area contributed by atoms with E-state index in [1.165, 1.54) is 10.9 Å². The Morgan fingerprint density at radius 3 is 2.79 bits per heavy atom. The van der Waals surface area contributed by atoms with Gasteiger partial charge in [-0.25, -0.2) is 27.9 Å². The van der Waals surface area contributed by atoms with E-state index >= 15 is 0 Å². The fourth-order valence-corrected chi connectivity index (χ4v) is 4.67. The summed E-state index contributed by atoms with van der Waals surface area (Å²) in [6, 6.07) is 3.41. The molecule has 5 rings (SSSR count). The molecule has 0 radical (unpaired) electrons. The fraction of sp³-hybridized carbons (Fsp3) is 0.545. The Morgan fingerprint density at radius 1 is 1.29 bits per heavy atom. The van der Waals surface area contributed by atoms with E-state index in [4.69, 9.17) is 9.47 Å². The average molecular weight is 553 g/mol. The van der Waals surface area contributed by atoms with E-state index in [-0.39, 0.29) is 18.4 Å². The van der Waals surface area contributed by atoms with Gasteiger partial charge in [0.2, 0.25) is 0 Å². The van der Waals surface area contributed by atoms with Crippen LogP contribution in [-0.4, -0.2) is 65.2 Å². The molecule has 0 unspecified atom stereocenters. The van der Waals surface area contributed by atoms with Gasteiger partial charge in [-0.15, -0.1) is 0 Å². The first kappa shape index (κ1) is 26.5. The van der Waals surface area contributed by atoms with E-state index in [0.29, 0.717) is 35.1 Å². The lowest BCUT2D eigenvalue weighted by Crippen LogP contribution is -2.38. The molecule has 3 atom stereocenters. The summed E-state index contributed by atoms with van der Waals surface area (Å²) in [5.74, 6) is 0.304. The number of alkyl carbamates (subject to hydrolysis) is 1. The van der Waals surface area contributed by atoms with E-state index in [0.717, 1.165) is 12.8 Å². The molecule has 1 amide bonds. The van der Waals surface area contributed by atoms with Gasteiger partial charge in [-0.05, 0) is 38.7 Å². The number of phosphoric ester groups is 1. The summed E-state index contributed by atoms with van der Waals surface area (Å²) < 4.78 is 44.1. The summed E-state index contributed by atoms with van der Waals surface area (Å²) in [7, 11) is -3.24. The number of methoxy groups -OCH3 is 1. The Bertz CT molecular complexity index is 1370. The molecule has 0 aliphatic heterocycles. The second kappa shape index (κ2) is 10.2. The monoisotopic (exact) mass is 553 g/mol. The molecular weight excluding hydrogens is 524 g/mol. The molecule has 0 spiro atoms. The molecular formula is C22H29FN7O7P. The second-order valence-corrected chi connectivity index (χ2v) is 11.1. The molecule has 14 nitrogen and oxygen atoms in total. The number of ether oxygens (including phenoxy) is 2. The van der Waals surface area contributed by atoms with Gasteiger partial charge in [-0.3, -0.25) is 4.52 Å². The highest BCUT2D eigenvalue weighted by molar-refractivity contribution is 7.46. The minimum Gasteiger partial charge on any atom is -0.443 e. The van der Waals surface area contributed by atoms with Crippen molar-refractivity contribution >= 4 is 31.1 Å². The Kier molecular flexibility index (Phi) is 7.13. The van der Waals surface area contributed by atoms with Crippen LogP contribution in [0, 0.1) is 0 Å². The highest BCUT2D eigenvalue weighted by Crippen LogP contribution is 2.40. The van der Waals surface area contributed by atoms with Crippen molar-refractivity contribution in [2.24, 2.45) is 0 Å². The quantitative estimate of drug-likeness (QED) is 0.272. The highest BCUT2D eigenvalue weighted by atomic mass is 31.2. The first-order chi connectivity index (χ1) is 18.0. The Balaban J connectivity index is 1.36. The Labute approximate surface area is 216 Å². The SMILES string of the molecule is COCc1cc2c(Nc3cc([C@H]4C[C@@H](F)[C@@H](OC(=O)NC5(C)CC5)C4)nn3COP(=O)(O)O)nccn2n1. The predicted octanol–water partition coefficient (Wildman–Crippen LogP) is 2.75. The molecule has 2 fully saturated rings. The smallest absolute Gasteiger partial charge is 0.443 e. The number of rotatable bonds is 10. The lowest BCUT2D eigenvalue weighted by Gasteiger charge is -2.17. The second-order valence-electron chi connectivity index (χ2n) is 9.82. The van der Waals surface area contributed by atoms with Crippen LogP contribution in [0.4, 0.5) is 20.8 Å². The van der Waals surface area contributed by atoms with Gasteiger partial charge in [-0.1, -0.05) is 0 Å². The minimum absolute atomic E-state index is 0.0713. The van der Waals surface area contributed by atoms with E-state index in [1.54, 1.807) is 30.0 Å². The summed E-state index contributed by atoms with van der Waals surface area (Å²) in [5.41, 5.74) is 1.47. The third-order valence-electron chi connectivity index (χ3n) is 6.64. The highest BCUT2D eigenvalue weighted by Gasteiger charge is 2.43. The molecule has 0 aromatic carbocycles. The van der Waals surface area contributed by atoms with Crippen LogP contribution in [-0.2, 0) is 31.9 Å². The number of nitrogens with one attached hydrogen (secondary N) is 2.